The summed E-state index contributed by atoms with van der Waals surface area (Å²) in [5.41, 5.74) is 0. The highest BCUT2D eigenvalue weighted by Gasteiger charge is 2.32. The number of aliphatic hydroxyl groups is 1. The SMILES string of the molecule is CCCNC(CCO)CN1CCN(CC(F)(F)F)CC1. The number of nitrogens with one attached hydrogen (secondary N) is 1. The summed E-state index contributed by atoms with van der Waals surface area (Å²) in [6.07, 6.45) is -2.39. The van der Waals surface area contributed by atoms with E-state index in [1.54, 1.807) is 0 Å². The maximum Gasteiger partial charge on any atom is 0.401 e. The first-order chi connectivity index (χ1) is 9.44. The van der Waals surface area contributed by atoms with Crippen LogP contribution in [-0.2, 0) is 0 Å². The first-order valence-corrected chi connectivity index (χ1v) is 7.30. The third-order valence-electron chi connectivity index (χ3n) is 3.51. The molecular weight excluding hydrogens is 271 g/mol. The van der Waals surface area contributed by atoms with Crippen LogP contribution in [0.2, 0.25) is 0 Å². The number of hydrogen-bond acceptors (Lipinski definition) is 4. The fourth-order valence-electron chi connectivity index (χ4n) is 2.46. The average molecular weight is 297 g/mol. The van der Waals surface area contributed by atoms with E-state index in [1.165, 1.54) is 4.90 Å². The molecule has 1 aliphatic rings. The minimum absolute atomic E-state index is 0.134. The summed E-state index contributed by atoms with van der Waals surface area (Å²) >= 11 is 0. The van der Waals surface area contributed by atoms with Crippen LogP contribution in [0.4, 0.5) is 13.2 Å². The number of hydrogen-bond donors (Lipinski definition) is 2. The average Bonchev–Trinajstić information content (AvgIpc) is 2.37. The van der Waals surface area contributed by atoms with Crippen LogP contribution in [0.25, 0.3) is 0 Å². The van der Waals surface area contributed by atoms with E-state index in [9.17, 15) is 13.2 Å². The van der Waals surface area contributed by atoms with E-state index in [-0.39, 0.29) is 12.6 Å². The zero-order valence-corrected chi connectivity index (χ0v) is 12.1. The molecule has 1 rings (SSSR count). The molecule has 0 amide bonds. The third kappa shape index (κ3) is 7.42. The highest BCUT2D eigenvalue weighted by Crippen LogP contribution is 2.17. The minimum atomic E-state index is -4.11. The van der Waals surface area contributed by atoms with Crippen LogP contribution in [0.5, 0.6) is 0 Å². The zero-order valence-electron chi connectivity index (χ0n) is 12.1. The second-order valence-electron chi connectivity index (χ2n) is 5.36. The van der Waals surface area contributed by atoms with Crippen molar-refractivity contribution in [1.29, 1.82) is 0 Å². The molecule has 1 fully saturated rings. The van der Waals surface area contributed by atoms with E-state index in [0.29, 0.717) is 32.6 Å². The van der Waals surface area contributed by atoms with Gasteiger partial charge in [-0.05, 0) is 19.4 Å². The summed E-state index contributed by atoms with van der Waals surface area (Å²) in [6, 6.07) is 0.217. The van der Waals surface area contributed by atoms with Gasteiger partial charge in [0.15, 0.2) is 0 Å². The molecule has 0 aliphatic carbocycles. The predicted molar refractivity (Wildman–Crippen MR) is 72.7 cm³/mol. The molecule has 1 heterocycles. The lowest BCUT2D eigenvalue weighted by Crippen LogP contribution is -2.52. The highest BCUT2D eigenvalue weighted by molar-refractivity contribution is 4.78. The van der Waals surface area contributed by atoms with Crippen LogP contribution in [0.1, 0.15) is 19.8 Å². The molecule has 0 aromatic rings. The fraction of sp³-hybridized carbons (Fsp3) is 1.00. The summed E-state index contributed by atoms with van der Waals surface area (Å²) in [5.74, 6) is 0. The number of halogens is 3. The molecule has 120 valence electrons. The van der Waals surface area contributed by atoms with Crippen molar-refractivity contribution >= 4 is 0 Å². The molecule has 0 radical (unpaired) electrons. The van der Waals surface area contributed by atoms with Gasteiger partial charge >= 0.3 is 6.18 Å². The fourth-order valence-corrected chi connectivity index (χ4v) is 2.46. The van der Waals surface area contributed by atoms with E-state index in [2.05, 4.69) is 17.1 Å². The number of aliphatic hydroxyl groups excluding tert-OH is 1. The number of alkyl halides is 3. The van der Waals surface area contributed by atoms with Gasteiger partial charge in [-0.15, -0.1) is 0 Å². The largest absolute Gasteiger partial charge is 0.401 e. The Morgan fingerprint density at radius 2 is 1.75 bits per heavy atom. The predicted octanol–water partition coefficient (Wildman–Crippen LogP) is 0.917. The van der Waals surface area contributed by atoms with Crippen molar-refractivity contribution < 1.29 is 18.3 Å². The molecule has 0 aromatic carbocycles. The maximum absolute atomic E-state index is 12.3. The van der Waals surface area contributed by atoms with Crippen molar-refractivity contribution in [3.63, 3.8) is 0 Å². The number of piperazine rings is 1. The van der Waals surface area contributed by atoms with E-state index < -0.39 is 12.7 Å². The number of nitrogens with zero attached hydrogens (tertiary/aromatic N) is 2. The Bertz CT molecular complexity index is 256. The van der Waals surface area contributed by atoms with E-state index in [1.807, 2.05) is 0 Å². The standard InChI is InChI=1S/C13H26F3N3O/c1-2-4-17-12(3-9-20)10-18-5-7-19(8-6-18)11-13(14,15)16/h12,17,20H,2-11H2,1H3. The Hall–Kier alpha value is -0.370. The molecular formula is C13H26F3N3O. The number of rotatable bonds is 8. The summed E-state index contributed by atoms with van der Waals surface area (Å²) in [7, 11) is 0. The second kappa shape index (κ2) is 8.81. The summed E-state index contributed by atoms with van der Waals surface area (Å²) < 4.78 is 36.9. The van der Waals surface area contributed by atoms with Crippen LogP contribution in [0.3, 0.4) is 0 Å². The molecule has 1 aliphatic heterocycles. The van der Waals surface area contributed by atoms with Crippen LogP contribution in [0, 0.1) is 0 Å². The Labute approximate surface area is 118 Å². The van der Waals surface area contributed by atoms with Gasteiger partial charge in [0, 0.05) is 45.4 Å². The molecule has 1 saturated heterocycles. The maximum atomic E-state index is 12.3. The normalized spacial score (nSPS) is 20.2. The van der Waals surface area contributed by atoms with Crippen LogP contribution < -0.4 is 5.32 Å². The Kier molecular flexibility index (Phi) is 7.79. The second-order valence-corrected chi connectivity index (χ2v) is 5.36. The van der Waals surface area contributed by atoms with Gasteiger partial charge in [-0.25, -0.2) is 0 Å². The van der Waals surface area contributed by atoms with Crippen LogP contribution in [-0.4, -0.2) is 79.5 Å². The smallest absolute Gasteiger partial charge is 0.396 e. The Balaban J connectivity index is 2.29. The van der Waals surface area contributed by atoms with Crippen LogP contribution in [0.15, 0.2) is 0 Å². The third-order valence-corrected chi connectivity index (χ3v) is 3.51. The molecule has 1 unspecified atom stereocenters. The van der Waals surface area contributed by atoms with Crippen molar-refractivity contribution in [2.45, 2.75) is 32.0 Å². The topological polar surface area (TPSA) is 38.7 Å². The Morgan fingerprint density at radius 3 is 2.25 bits per heavy atom. The van der Waals surface area contributed by atoms with Gasteiger partial charge in [-0.3, -0.25) is 9.80 Å². The molecule has 20 heavy (non-hydrogen) atoms. The highest BCUT2D eigenvalue weighted by atomic mass is 19.4. The summed E-state index contributed by atoms with van der Waals surface area (Å²) in [6.45, 7) is 5.33. The lowest BCUT2D eigenvalue weighted by atomic mass is 10.1. The molecule has 0 aromatic heterocycles. The van der Waals surface area contributed by atoms with Crippen molar-refractivity contribution in [2.75, 3.05) is 52.4 Å². The first-order valence-electron chi connectivity index (χ1n) is 7.30. The van der Waals surface area contributed by atoms with Crippen molar-refractivity contribution in [3.8, 4) is 0 Å². The quantitative estimate of drug-likeness (QED) is 0.699. The van der Waals surface area contributed by atoms with Gasteiger partial charge in [0.25, 0.3) is 0 Å². The zero-order chi connectivity index (χ0) is 15.0. The molecule has 7 heteroatoms. The monoisotopic (exact) mass is 297 g/mol. The van der Waals surface area contributed by atoms with Crippen molar-refractivity contribution in [1.82, 2.24) is 15.1 Å². The van der Waals surface area contributed by atoms with Crippen LogP contribution >= 0.6 is 0 Å². The van der Waals surface area contributed by atoms with Gasteiger partial charge in [-0.1, -0.05) is 6.92 Å². The summed E-state index contributed by atoms with van der Waals surface area (Å²) in [5, 5.41) is 12.4. The molecule has 1 atom stereocenters. The first kappa shape index (κ1) is 17.7. The molecule has 4 nitrogen and oxygen atoms in total. The van der Waals surface area contributed by atoms with Gasteiger partial charge in [-0.2, -0.15) is 13.2 Å². The molecule has 2 N–H and O–H groups in total. The van der Waals surface area contributed by atoms with Crippen molar-refractivity contribution in [3.05, 3.63) is 0 Å². The minimum Gasteiger partial charge on any atom is -0.396 e. The van der Waals surface area contributed by atoms with Gasteiger partial charge in [0.1, 0.15) is 0 Å². The van der Waals surface area contributed by atoms with E-state index in [0.717, 1.165) is 19.5 Å². The van der Waals surface area contributed by atoms with Gasteiger partial charge < -0.3 is 10.4 Å². The lowest BCUT2D eigenvalue weighted by molar-refractivity contribution is -0.149. The lowest BCUT2D eigenvalue weighted by Gasteiger charge is -2.36. The Morgan fingerprint density at radius 1 is 1.15 bits per heavy atom. The van der Waals surface area contributed by atoms with E-state index in [4.69, 9.17) is 5.11 Å². The molecule has 0 saturated carbocycles. The van der Waals surface area contributed by atoms with Crippen molar-refractivity contribution in [2.24, 2.45) is 0 Å². The van der Waals surface area contributed by atoms with Gasteiger partial charge in [0.2, 0.25) is 0 Å². The molecule has 0 bridgehead atoms. The molecule has 0 spiro atoms. The summed E-state index contributed by atoms with van der Waals surface area (Å²) in [4.78, 5) is 3.63. The van der Waals surface area contributed by atoms with E-state index >= 15 is 0 Å². The van der Waals surface area contributed by atoms with Gasteiger partial charge in [0.05, 0.1) is 6.54 Å².